The Morgan fingerprint density at radius 1 is 1.11 bits per heavy atom. The summed E-state index contributed by atoms with van der Waals surface area (Å²) in [6.45, 7) is 9.40. The van der Waals surface area contributed by atoms with Crippen LogP contribution in [0.25, 0.3) is 11.4 Å². The Hall–Kier alpha value is -3.19. The fourth-order valence-electron chi connectivity index (χ4n) is 4.56. The van der Waals surface area contributed by atoms with Gasteiger partial charge in [-0.05, 0) is 43.0 Å². The van der Waals surface area contributed by atoms with E-state index >= 15 is 0 Å². The van der Waals surface area contributed by atoms with Crippen molar-refractivity contribution >= 4 is 5.91 Å². The molecule has 0 spiro atoms. The largest absolute Gasteiger partial charge is 0.496 e. The quantitative estimate of drug-likeness (QED) is 0.482. The average Bonchev–Trinajstić information content (AvgIpc) is 3.32. The van der Waals surface area contributed by atoms with E-state index in [1.54, 1.807) is 7.11 Å². The van der Waals surface area contributed by atoms with Crippen LogP contribution in [0, 0.1) is 5.92 Å². The first-order valence-corrected chi connectivity index (χ1v) is 12.3. The number of hydrogen-bond acceptors (Lipinski definition) is 6. The number of ether oxygens (including phenoxy) is 1. The molecule has 7 nitrogen and oxygen atoms in total. The summed E-state index contributed by atoms with van der Waals surface area (Å²) < 4.78 is 11.0. The van der Waals surface area contributed by atoms with Gasteiger partial charge >= 0.3 is 0 Å². The Morgan fingerprint density at radius 3 is 2.46 bits per heavy atom. The molecule has 0 radical (unpaired) electrons. The zero-order chi connectivity index (χ0) is 25.0. The second-order valence-electron chi connectivity index (χ2n) is 10.4. The maximum Gasteiger partial charge on any atom is 0.241 e. The number of carbonyl (C=O) groups excluding carboxylic acids is 1. The maximum absolute atomic E-state index is 13.0. The van der Waals surface area contributed by atoms with Crippen LogP contribution in [0.4, 0.5) is 0 Å². The minimum absolute atomic E-state index is 0.0329. The van der Waals surface area contributed by atoms with E-state index < -0.39 is 0 Å². The second kappa shape index (κ2) is 10.6. The molecule has 186 valence electrons. The maximum atomic E-state index is 13.0. The molecule has 1 fully saturated rings. The van der Waals surface area contributed by atoms with Crippen molar-refractivity contribution in [3.8, 4) is 17.1 Å². The van der Waals surface area contributed by atoms with Crippen LogP contribution in [0.15, 0.2) is 53.1 Å². The van der Waals surface area contributed by atoms with Gasteiger partial charge in [0.05, 0.1) is 13.7 Å². The van der Waals surface area contributed by atoms with Gasteiger partial charge in [-0.25, -0.2) is 0 Å². The molecule has 4 rings (SSSR count). The summed E-state index contributed by atoms with van der Waals surface area (Å²) >= 11 is 0. The van der Waals surface area contributed by atoms with Crippen molar-refractivity contribution in [2.24, 2.45) is 5.92 Å². The highest BCUT2D eigenvalue weighted by atomic mass is 16.5. The van der Waals surface area contributed by atoms with Crippen LogP contribution in [-0.4, -0.2) is 53.1 Å². The Labute approximate surface area is 208 Å². The van der Waals surface area contributed by atoms with Crippen molar-refractivity contribution in [2.45, 2.75) is 52.1 Å². The standard InChI is InChI=1S/C28H36N4O3/c1-28(2,3)23-12-10-20(11-13-23)26-29-25(35-30-26)19-32-16-14-21(15-17-32)27(33)31(4)18-22-8-6-7-9-24(22)34-5/h6-13,21H,14-19H2,1-5H3. The molecule has 0 bridgehead atoms. The molecule has 2 aromatic carbocycles. The predicted octanol–water partition coefficient (Wildman–Crippen LogP) is 4.91. The van der Waals surface area contributed by atoms with Crippen molar-refractivity contribution in [2.75, 3.05) is 27.2 Å². The van der Waals surface area contributed by atoms with Gasteiger partial charge in [0.25, 0.3) is 0 Å². The van der Waals surface area contributed by atoms with Gasteiger partial charge in [-0.1, -0.05) is 68.4 Å². The lowest BCUT2D eigenvalue weighted by molar-refractivity contribution is -0.136. The molecular formula is C28H36N4O3. The number of piperidine rings is 1. The number of aromatic nitrogens is 2. The molecule has 0 N–H and O–H groups in total. The second-order valence-corrected chi connectivity index (χ2v) is 10.4. The van der Waals surface area contributed by atoms with Crippen LogP contribution in [0.1, 0.15) is 50.6 Å². The van der Waals surface area contributed by atoms with Crippen molar-refractivity contribution in [3.63, 3.8) is 0 Å². The molecule has 35 heavy (non-hydrogen) atoms. The molecule has 1 saturated heterocycles. The summed E-state index contributed by atoms with van der Waals surface area (Å²) in [6.07, 6.45) is 1.65. The van der Waals surface area contributed by atoms with Crippen LogP contribution >= 0.6 is 0 Å². The van der Waals surface area contributed by atoms with Crippen LogP contribution in [0.3, 0.4) is 0 Å². The highest BCUT2D eigenvalue weighted by molar-refractivity contribution is 5.78. The SMILES string of the molecule is COc1ccccc1CN(C)C(=O)C1CCN(Cc2nc(-c3ccc(C(C)(C)C)cc3)no2)CC1. The van der Waals surface area contributed by atoms with E-state index in [2.05, 4.69) is 47.9 Å². The van der Waals surface area contributed by atoms with Crippen LogP contribution in [-0.2, 0) is 23.3 Å². The number of likely N-dealkylation sites (tertiary alicyclic amines) is 1. The first-order chi connectivity index (χ1) is 16.7. The van der Waals surface area contributed by atoms with Gasteiger partial charge in [-0.3, -0.25) is 9.69 Å². The van der Waals surface area contributed by atoms with Gasteiger partial charge in [0.15, 0.2) is 0 Å². The van der Waals surface area contributed by atoms with Crippen molar-refractivity contribution in [1.82, 2.24) is 19.9 Å². The molecule has 0 unspecified atom stereocenters. The Kier molecular flexibility index (Phi) is 7.55. The molecule has 0 aliphatic carbocycles. The summed E-state index contributed by atoms with van der Waals surface area (Å²) in [7, 11) is 3.53. The van der Waals surface area contributed by atoms with Gasteiger partial charge in [0.1, 0.15) is 5.75 Å². The fourth-order valence-corrected chi connectivity index (χ4v) is 4.56. The van der Waals surface area contributed by atoms with Gasteiger partial charge in [-0.2, -0.15) is 4.98 Å². The van der Waals surface area contributed by atoms with E-state index in [0.29, 0.717) is 24.8 Å². The number of hydrogen-bond donors (Lipinski definition) is 0. The zero-order valence-corrected chi connectivity index (χ0v) is 21.5. The van der Waals surface area contributed by atoms with Gasteiger partial charge in [0, 0.05) is 30.6 Å². The highest BCUT2D eigenvalue weighted by Crippen LogP contribution is 2.26. The van der Waals surface area contributed by atoms with E-state index in [-0.39, 0.29) is 17.2 Å². The van der Waals surface area contributed by atoms with E-state index in [1.165, 1.54) is 5.56 Å². The lowest BCUT2D eigenvalue weighted by Crippen LogP contribution is -2.40. The lowest BCUT2D eigenvalue weighted by Gasteiger charge is -2.32. The third-order valence-corrected chi connectivity index (χ3v) is 6.75. The van der Waals surface area contributed by atoms with E-state index in [1.807, 2.05) is 48.3 Å². The molecule has 7 heteroatoms. The zero-order valence-electron chi connectivity index (χ0n) is 21.5. The molecule has 2 heterocycles. The lowest BCUT2D eigenvalue weighted by atomic mass is 9.87. The number of nitrogens with zero attached hydrogens (tertiary/aromatic N) is 4. The Morgan fingerprint density at radius 2 is 1.80 bits per heavy atom. The van der Waals surface area contributed by atoms with Crippen molar-refractivity contribution in [1.29, 1.82) is 0 Å². The van der Waals surface area contributed by atoms with Crippen LogP contribution in [0.2, 0.25) is 0 Å². The van der Waals surface area contributed by atoms with E-state index in [4.69, 9.17) is 9.26 Å². The molecular weight excluding hydrogens is 440 g/mol. The van der Waals surface area contributed by atoms with E-state index in [0.717, 1.165) is 42.8 Å². The molecule has 0 saturated carbocycles. The molecule has 3 aromatic rings. The minimum atomic E-state index is 0.0329. The molecule has 0 atom stereocenters. The highest BCUT2D eigenvalue weighted by Gasteiger charge is 2.28. The smallest absolute Gasteiger partial charge is 0.241 e. The topological polar surface area (TPSA) is 71.7 Å². The molecule has 1 aliphatic rings. The summed E-state index contributed by atoms with van der Waals surface area (Å²) in [4.78, 5) is 21.7. The summed E-state index contributed by atoms with van der Waals surface area (Å²) in [5.41, 5.74) is 3.35. The first kappa shape index (κ1) is 24.9. The predicted molar refractivity (Wildman–Crippen MR) is 136 cm³/mol. The average molecular weight is 477 g/mol. The molecule has 1 aliphatic heterocycles. The number of benzene rings is 2. The van der Waals surface area contributed by atoms with Gasteiger partial charge < -0.3 is 14.2 Å². The normalized spacial score (nSPS) is 15.2. The number of para-hydroxylation sites is 1. The van der Waals surface area contributed by atoms with E-state index in [9.17, 15) is 4.79 Å². The third-order valence-electron chi connectivity index (χ3n) is 6.75. The third kappa shape index (κ3) is 6.09. The summed E-state index contributed by atoms with van der Waals surface area (Å²) in [5.74, 6) is 2.26. The monoisotopic (exact) mass is 476 g/mol. The van der Waals surface area contributed by atoms with Crippen molar-refractivity contribution in [3.05, 3.63) is 65.5 Å². The van der Waals surface area contributed by atoms with Gasteiger partial charge in [-0.15, -0.1) is 0 Å². The van der Waals surface area contributed by atoms with Crippen LogP contribution < -0.4 is 4.74 Å². The number of rotatable bonds is 7. The fraction of sp³-hybridized carbons (Fsp3) is 0.464. The van der Waals surface area contributed by atoms with Crippen molar-refractivity contribution < 1.29 is 14.1 Å². The molecule has 1 amide bonds. The van der Waals surface area contributed by atoms with Gasteiger partial charge in [0.2, 0.25) is 17.6 Å². The number of methoxy groups -OCH3 is 1. The Bertz CT molecular complexity index is 1130. The first-order valence-electron chi connectivity index (χ1n) is 12.3. The molecule has 1 aromatic heterocycles. The summed E-state index contributed by atoms with van der Waals surface area (Å²) in [6, 6.07) is 16.2. The summed E-state index contributed by atoms with van der Waals surface area (Å²) in [5, 5.41) is 4.18. The number of amides is 1. The van der Waals surface area contributed by atoms with Crippen LogP contribution in [0.5, 0.6) is 5.75 Å². The minimum Gasteiger partial charge on any atom is -0.496 e. The Balaban J connectivity index is 1.29. The number of carbonyl (C=O) groups is 1.